The molecule has 1 heterocycles. The maximum atomic E-state index is 12.6. The molecule has 0 N–H and O–H groups in total. The lowest BCUT2D eigenvalue weighted by Crippen LogP contribution is -2.57. The molecule has 1 aliphatic rings. The van der Waals surface area contributed by atoms with Gasteiger partial charge in [-0.15, -0.1) is 0 Å². The Balaban J connectivity index is 1.61. The molecule has 0 spiro atoms. The molecule has 3 heteroatoms. The van der Waals surface area contributed by atoms with E-state index < -0.39 is 0 Å². The van der Waals surface area contributed by atoms with Gasteiger partial charge in [-0.3, -0.25) is 9.69 Å². The number of hydrogen-bond donors (Lipinski definition) is 0. The molecule has 1 amide bonds. The minimum atomic E-state index is 0.235. The number of nitrogens with zero attached hydrogens (tertiary/aromatic N) is 2. The van der Waals surface area contributed by atoms with Crippen molar-refractivity contribution in [2.45, 2.75) is 38.9 Å². The lowest BCUT2D eigenvalue weighted by atomic mass is 10.0. The van der Waals surface area contributed by atoms with Gasteiger partial charge in [0.1, 0.15) is 0 Å². The number of benzene rings is 2. The van der Waals surface area contributed by atoms with Gasteiger partial charge in [-0.1, -0.05) is 60.7 Å². The monoisotopic (exact) mass is 322 g/mol. The molecule has 1 fully saturated rings. The fourth-order valence-corrected chi connectivity index (χ4v) is 3.55. The van der Waals surface area contributed by atoms with Gasteiger partial charge in [-0.25, -0.2) is 0 Å². The second kappa shape index (κ2) is 7.63. The molecular formula is C21H26N2O. The average molecular weight is 322 g/mol. The van der Waals surface area contributed by atoms with Crippen molar-refractivity contribution in [1.29, 1.82) is 0 Å². The zero-order valence-corrected chi connectivity index (χ0v) is 14.6. The van der Waals surface area contributed by atoms with Gasteiger partial charge in [-0.05, 0) is 25.0 Å². The molecule has 126 valence electrons. The molecule has 0 aliphatic carbocycles. The van der Waals surface area contributed by atoms with Crippen LogP contribution in [0.15, 0.2) is 60.7 Å². The molecule has 0 radical (unpaired) electrons. The molecular weight excluding hydrogens is 296 g/mol. The number of piperazine rings is 1. The van der Waals surface area contributed by atoms with Crippen molar-refractivity contribution in [2.75, 3.05) is 13.1 Å². The Bertz CT molecular complexity index is 644. The van der Waals surface area contributed by atoms with Crippen molar-refractivity contribution < 1.29 is 4.79 Å². The van der Waals surface area contributed by atoms with E-state index in [2.05, 4.69) is 49.1 Å². The van der Waals surface area contributed by atoms with Crippen LogP contribution < -0.4 is 0 Å². The van der Waals surface area contributed by atoms with Gasteiger partial charge < -0.3 is 4.90 Å². The van der Waals surface area contributed by atoms with E-state index in [-0.39, 0.29) is 5.91 Å². The van der Waals surface area contributed by atoms with Gasteiger partial charge in [0, 0.05) is 31.7 Å². The van der Waals surface area contributed by atoms with Crippen LogP contribution in [0, 0.1) is 0 Å². The van der Waals surface area contributed by atoms with Crippen molar-refractivity contribution >= 4 is 5.91 Å². The van der Waals surface area contributed by atoms with Crippen molar-refractivity contribution in [1.82, 2.24) is 9.80 Å². The number of carbonyl (C=O) groups excluding carboxylic acids is 1. The first-order chi connectivity index (χ1) is 11.6. The summed E-state index contributed by atoms with van der Waals surface area (Å²) >= 11 is 0. The molecule has 0 saturated carbocycles. The Morgan fingerprint density at radius 2 is 1.38 bits per heavy atom. The number of rotatable bonds is 4. The number of carbonyl (C=O) groups is 1. The quantitative estimate of drug-likeness (QED) is 0.862. The summed E-state index contributed by atoms with van der Waals surface area (Å²) in [6.07, 6.45) is 0.499. The van der Waals surface area contributed by atoms with Gasteiger partial charge >= 0.3 is 0 Å². The molecule has 2 aromatic rings. The highest BCUT2D eigenvalue weighted by molar-refractivity contribution is 5.79. The maximum absolute atomic E-state index is 12.6. The van der Waals surface area contributed by atoms with E-state index in [0.717, 1.165) is 25.2 Å². The normalized spacial score (nSPS) is 21.7. The second-order valence-electron chi connectivity index (χ2n) is 6.82. The third-order valence-corrected chi connectivity index (χ3v) is 4.86. The highest BCUT2D eigenvalue weighted by Gasteiger charge is 2.31. The predicted molar refractivity (Wildman–Crippen MR) is 97.6 cm³/mol. The lowest BCUT2D eigenvalue weighted by molar-refractivity contribution is -0.135. The highest BCUT2D eigenvalue weighted by Crippen LogP contribution is 2.19. The van der Waals surface area contributed by atoms with E-state index in [9.17, 15) is 4.79 Å². The van der Waals surface area contributed by atoms with Gasteiger partial charge in [0.15, 0.2) is 0 Å². The molecule has 1 aliphatic heterocycles. The topological polar surface area (TPSA) is 23.6 Å². The van der Waals surface area contributed by atoms with Gasteiger partial charge in [-0.2, -0.15) is 0 Å². The van der Waals surface area contributed by atoms with Crippen LogP contribution in [0.25, 0.3) is 0 Å². The number of hydrogen-bond acceptors (Lipinski definition) is 2. The fourth-order valence-electron chi connectivity index (χ4n) is 3.55. The molecule has 2 unspecified atom stereocenters. The Morgan fingerprint density at radius 1 is 0.875 bits per heavy atom. The van der Waals surface area contributed by atoms with Crippen molar-refractivity contribution in [3.63, 3.8) is 0 Å². The first kappa shape index (κ1) is 16.7. The van der Waals surface area contributed by atoms with E-state index in [1.807, 2.05) is 35.2 Å². The summed E-state index contributed by atoms with van der Waals surface area (Å²) in [7, 11) is 0. The van der Waals surface area contributed by atoms with Crippen LogP contribution in [0.1, 0.15) is 25.0 Å². The van der Waals surface area contributed by atoms with E-state index in [0.29, 0.717) is 18.5 Å². The SMILES string of the molecule is CC1CN(C(=O)Cc2ccccc2)CC(C)N1Cc1ccccc1. The molecule has 2 aromatic carbocycles. The summed E-state index contributed by atoms with van der Waals surface area (Å²) in [5.41, 5.74) is 2.43. The smallest absolute Gasteiger partial charge is 0.227 e. The second-order valence-corrected chi connectivity index (χ2v) is 6.82. The molecule has 3 nitrogen and oxygen atoms in total. The van der Waals surface area contributed by atoms with Crippen molar-refractivity contribution in [2.24, 2.45) is 0 Å². The van der Waals surface area contributed by atoms with Crippen LogP contribution in [-0.4, -0.2) is 40.9 Å². The third kappa shape index (κ3) is 4.04. The van der Waals surface area contributed by atoms with Crippen molar-refractivity contribution in [3.05, 3.63) is 71.8 Å². The first-order valence-electron chi connectivity index (χ1n) is 8.75. The van der Waals surface area contributed by atoms with Crippen LogP contribution in [0.2, 0.25) is 0 Å². The molecule has 3 rings (SSSR count). The molecule has 0 bridgehead atoms. The maximum Gasteiger partial charge on any atom is 0.227 e. The zero-order chi connectivity index (χ0) is 16.9. The molecule has 2 atom stereocenters. The molecule has 0 aromatic heterocycles. The summed E-state index contributed by atoms with van der Waals surface area (Å²) in [5.74, 6) is 0.235. The van der Waals surface area contributed by atoms with Crippen LogP contribution in [0.3, 0.4) is 0 Å². The Kier molecular flexibility index (Phi) is 5.31. The molecule has 24 heavy (non-hydrogen) atoms. The molecule has 1 saturated heterocycles. The summed E-state index contributed by atoms with van der Waals surface area (Å²) in [4.78, 5) is 17.2. The van der Waals surface area contributed by atoms with E-state index in [1.54, 1.807) is 0 Å². The van der Waals surface area contributed by atoms with E-state index in [1.165, 1.54) is 5.56 Å². The van der Waals surface area contributed by atoms with Gasteiger partial charge in [0.05, 0.1) is 6.42 Å². The van der Waals surface area contributed by atoms with E-state index in [4.69, 9.17) is 0 Å². The van der Waals surface area contributed by atoms with Crippen LogP contribution >= 0.6 is 0 Å². The lowest BCUT2D eigenvalue weighted by Gasteiger charge is -2.44. The average Bonchev–Trinajstić information content (AvgIpc) is 2.60. The third-order valence-electron chi connectivity index (χ3n) is 4.86. The predicted octanol–water partition coefficient (Wildman–Crippen LogP) is 3.35. The minimum Gasteiger partial charge on any atom is -0.339 e. The Labute approximate surface area is 144 Å². The Hall–Kier alpha value is -2.13. The fraction of sp³-hybridized carbons (Fsp3) is 0.381. The van der Waals surface area contributed by atoms with Crippen LogP contribution in [0.4, 0.5) is 0 Å². The summed E-state index contributed by atoms with van der Waals surface area (Å²) in [6.45, 7) is 7.01. The summed E-state index contributed by atoms with van der Waals surface area (Å²) in [5, 5.41) is 0. The number of amides is 1. The minimum absolute atomic E-state index is 0.235. The largest absolute Gasteiger partial charge is 0.339 e. The highest BCUT2D eigenvalue weighted by atomic mass is 16.2. The van der Waals surface area contributed by atoms with Crippen LogP contribution in [-0.2, 0) is 17.8 Å². The first-order valence-corrected chi connectivity index (χ1v) is 8.75. The van der Waals surface area contributed by atoms with Gasteiger partial charge in [0.25, 0.3) is 0 Å². The van der Waals surface area contributed by atoms with Crippen LogP contribution in [0.5, 0.6) is 0 Å². The zero-order valence-electron chi connectivity index (χ0n) is 14.6. The van der Waals surface area contributed by atoms with E-state index >= 15 is 0 Å². The summed E-state index contributed by atoms with van der Waals surface area (Å²) < 4.78 is 0. The summed E-state index contributed by atoms with van der Waals surface area (Å²) in [6, 6.07) is 21.3. The van der Waals surface area contributed by atoms with Crippen molar-refractivity contribution in [3.8, 4) is 0 Å². The van der Waals surface area contributed by atoms with Gasteiger partial charge in [0.2, 0.25) is 5.91 Å². The Morgan fingerprint density at radius 3 is 1.92 bits per heavy atom. The standard InChI is InChI=1S/C21H26N2O/c1-17-14-22(21(24)13-19-9-5-3-6-10-19)15-18(2)23(17)16-20-11-7-4-8-12-20/h3-12,17-18H,13-16H2,1-2H3.